The van der Waals surface area contributed by atoms with Crippen molar-refractivity contribution in [2.24, 2.45) is 5.92 Å². The van der Waals surface area contributed by atoms with E-state index in [1.165, 1.54) is 55.5 Å². The zero-order valence-electron chi connectivity index (χ0n) is 19.9. The maximum absolute atomic E-state index is 14.6. The molecule has 0 saturated heterocycles. The van der Waals surface area contributed by atoms with Crippen molar-refractivity contribution in [1.82, 2.24) is 0 Å². The van der Waals surface area contributed by atoms with Gasteiger partial charge >= 0.3 is 6.11 Å². The van der Waals surface area contributed by atoms with Crippen LogP contribution < -0.4 is 4.74 Å². The van der Waals surface area contributed by atoms with Crippen molar-refractivity contribution in [3.05, 3.63) is 83.4 Å². The van der Waals surface area contributed by atoms with E-state index in [0.29, 0.717) is 10.8 Å². The van der Waals surface area contributed by atoms with Gasteiger partial charge in [-0.2, -0.15) is 8.78 Å². The van der Waals surface area contributed by atoms with E-state index >= 15 is 0 Å². The Kier molecular flexibility index (Phi) is 8.58. The first-order chi connectivity index (χ1) is 15.8. The molecule has 0 unspecified atom stereocenters. The molecule has 1 nitrogen and oxygen atoms in total. The van der Waals surface area contributed by atoms with Crippen LogP contribution in [-0.4, -0.2) is 0 Å². The lowest BCUT2D eigenvalue weighted by Gasteiger charge is -2.26. The minimum Gasteiger partial charge on any atom is -0.429 e. The highest BCUT2D eigenvalue weighted by atomic mass is 32.1. The van der Waals surface area contributed by atoms with Gasteiger partial charge in [0.1, 0.15) is 5.75 Å². The third-order valence-electron chi connectivity index (χ3n) is 6.38. The fraction of sp³-hybridized carbons (Fsp3) is 0.379. The van der Waals surface area contributed by atoms with Crippen LogP contribution in [0, 0.1) is 12.8 Å². The average Bonchev–Trinajstić information content (AvgIpc) is 2.83. The molecule has 3 aromatic rings. The minimum absolute atomic E-state index is 0.0948. The Hall–Kier alpha value is -2.33. The Morgan fingerprint density at radius 1 is 0.818 bits per heavy atom. The second kappa shape index (κ2) is 11.2. The maximum Gasteiger partial charge on any atom is 0.426 e. The van der Waals surface area contributed by atoms with E-state index in [1.54, 1.807) is 18.2 Å². The third kappa shape index (κ3) is 6.38. The molecule has 0 aromatic heterocycles. The van der Waals surface area contributed by atoms with Gasteiger partial charge in [-0.05, 0) is 78.1 Å². The van der Waals surface area contributed by atoms with E-state index in [9.17, 15) is 8.78 Å². The van der Waals surface area contributed by atoms with Gasteiger partial charge in [0.15, 0.2) is 0 Å². The average molecular weight is 469 g/mol. The Balaban J connectivity index is 0.00000149. The van der Waals surface area contributed by atoms with Crippen molar-refractivity contribution < 1.29 is 13.5 Å². The van der Waals surface area contributed by atoms with E-state index in [1.807, 2.05) is 20.8 Å². The summed E-state index contributed by atoms with van der Waals surface area (Å²) in [6.07, 6.45) is 1.67. The van der Waals surface area contributed by atoms with Crippen LogP contribution in [0.4, 0.5) is 8.78 Å². The van der Waals surface area contributed by atoms with Gasteiger partial charge in [-0.25, -0.2) is 0 Å². The Morgan fingerprint density at radius 3 is 1.91 bits per heavy atom. The minimum atomic E-state index is -3.42. The van der Waals surface area contributed by atoms with Crippen molar-refractivity contribution in [2.75, 3.05) is 0 Å². The molecule has 4 rings (SSSR count). The SMILES string of the molecule is CC.Cc1ccc(OC(F)(F)c2ccc(-c3ccc(C4CCC(C)CC4)cc3)cc2)cc1S. The molecule has 0 radical (unpaired) electrons. The third-order valence-corrected chi connectivity index (χ3v) is 6.86. The van der Waals surface area contributed by atoms with E-state index in [2.05, 4.69) is 43.8 Å². The lowest BCUT2D eigenvalue weighted by molar-refractivity contribution is -0.185. The summed E-state index contributed by atoms with van der Waals surface area (Å²) in [6.45, 7) is 8.20. The fourth-order valence-electron chi connectivity index (χ4n) is 4.26. The largest absolute Gasteiger partial charge is 0.429 e. The number of ether oxygens (including phenoxy) is 1. The summed E-state index contributed by atoms with van der Waals surface area (Å²) in [5.74, 6) is 1.57. The smallest absolute Gasteiger partial charge is 0.426 e. The van der Waals surface area contributed by atoms with Gasteiger partial charge in [-0.15, -0.1) is 12.6 Å². The second-order valence-electron chi connectivity index (χ2n) is 8.72. The van der Waals surface area contributed by atoms with Crippen molar-refractivity contribution in [2.45, 2.75) is 70.3 Å². The van der Waals surface area contributed by atoms with Gasteiger partial charge in [0, 0.05) is 4.90 Å². The molecule has 3 aromatic carbocycles. The molecular weight excluding hydrogens is 434 g/mol. The van der Waals surface area contributed by atoms with Gasteiger partial charge in [-0.3, -0.25) is 0 Å². The number of thiol groups is 1. The zero-order valence-corrected chi connectivity index (χ0v) is 20.8. The Labute approximate surface area is 202 Å². The monoisotopic (exact) mass is 468 g/mol. The van der Waals surface area contributed by atoms with Crippen LogP contribution in [0.2, 0.25) is 0 Å². The lowest BCUT2D eigenvalue weighted by Crippen LogP contribution is -2.21. The number of alkyl halides is 2. The molecule has 0 atom stereocenters. The summed E-state index contributed by atoms with van der Waals surface area (Å²) in [5.41, 5.74) is 4.06. The Morgan fingerprint density at radius 2 is 1.36 bits per heavy atom. The standard InChI is InChI=1S/C27H28F2OS.C2H6/c1-18-3-6-20(7-4-18)21-8-10-22(11-9-21)23-12-14-24(15-13-23)27(28,29)30-25-16-5-19(2)26(31)17-25;1-2/h5,8-18,20,31H,3-4,6-7H2,1-2H3;1-2H3. The zero-order chi connectivity index (χ0) is 24.0. The molecule has 0 aliphatic heterocycles. The number of hydrogen-bond donors (Lipinski definition) is 1. The topological polar surface area (TPSA) is 9.23 Å². The normalized spacial score (nSPS) is 18.3. The Bertz CT molecular complexity index is 1020. The van der Waals surface area contributed by atoms with Gasteiger partial charge < -0.3 is 4.74 Å². The van der Waals surface area contributed by atoms with Gasteiger partial charge in [0.2, 0.25) is 0 Å². The summed E-state index contributed by atoms with van der Waals surface area (Å²) in [4.78, 5) is 0.620. The number of halogens is 2. The first kappa shape index (κ1) is 25.3. The summed E-state index contributed by atoms with van der Waals surface area (Å²) < 4.78 is 34.3. The summed E-state index contributed by atoms with van der Waals surface area (Å²) in [5, 5.41) is 0. The quantitative estimate of drug-likeness (QED) is 0.367. The van der Waals surface area contributed by atoms with Crippen molar-refractivity contribution in [1.29, 1.82) is 0 Å². The molecule has 0 heterocycles. The maximum atomic E-state index is 14.6. The number of rotatable bonds is 5. The molecule has 4 heteroatoms. The highest BCUT2D eigenvalue weighted by Gasteiger charge is 2.34. The van der Waals surface area contributed by atoms with E-state index < -0.39 is 6.11 Å². The summed E-state index contributed by atoms with van der Waals surface area (Å²) >= 11 is 4.28. The van der Waals surface area contributed by atoms with Crippen LogP contribution in [0.3, 0.4) is 0 Å². The predicted octanol–water partition coefficient (Wildman–Crippen LogP) is 9.40. The molecule has 0 amide bonds. The van der Waals surface area contributed by atoms with E-state index in [0.717, 1.165) is 22.6 Å². The molecule has 1 aliphatic carbocycles. The van der Waals surface area contributed by atoms with Crippen molar-refractivity contribution >= 4 is 12.6 Å². The summed E-state index contributed by atoms with van der Waals surface area (Å²) in [6, 6.07) is 19.6. The number of benzene rings is 3. The van der Waals surface area contributed by atoms with Crippen LogP contribution >= 0.6 is 12.6 Å². The van der Waals surface area contributed by atoms with Crippen LogP contribution in [0.5, 0.6) is 5.75 Å². The molecule has 33 heavy (non-hydrogen) atoms. The van der Waals surface area contributed by atoms with Crippen molar-refractivity contribution in [3.63, 3.8) is 0 Å². The molecule has 1 fully saturated rings. The molecule has 0 bridgehead atoms. The number of aryl methyl sites for hydroxylation is 1. The van der Waals surface area contributed by atoms with Crippen LogP contribution in [0.15, 0.2) is 71.6 Å². The second-order valence-corrected chi connectivity index (χ2v) is 9.21. The first-order valence-corrected chi connectivity index (χ1v) is 12.3. The highest BCUT2D eigenvalue weighted by Crippen LogP contribution is 2.37. The molecular formula is C29H34F2OS. The van der Waals surface area contributed by atoms with Crippen LogP contribution in [0.1, 0.15) is 69.1 Å². The van der Waals surface area contributed by atoms with Crippen molar-refractivity contribution in [3.8, 4) is 16.9 Å². The van der Waals surface area contributed by atoms with Gasteiger partial charge in [0.05, 0.1) is 5.56 Å². The molecule has 1 aliphatic rings. The van der Waals surface area contributed by atoms with E-state index in [4.69, 9.17) is 4.74 Å². The van der Waals surface area contributed by atoms with Gasteiger partial charge in [-0.1, -0.05) is 76.1 Å². The van der Waals surface area contributed by atoms with E-state index in [-0.39, 0.29) is 11.3 Å². The predicted molar refractivity (Wildman–Crippen MR) is 137 cm³/mol. The summed E-state index contributed by atoms with van der Waals surface area (Å²) in [7, 11) is 0. The molecule has 0 spiro atoms. The van der Waals surface area contributed by atoms with Gasteiger partial charge in [0.25, 0.3) is 0 Å². The number of hydrogen-bond acceptors (Lipinski definition) is 2. The lowest BCUT2D eigenvalue weighted by atomic mass is 9.79. The van der Waals surface area contributed by atoms with Crippen LogP contribution in [0.25, 0.3) is 11.1 Å². The highest BCUT2D eigenvalue weighted by molar-refractivity contribution is 7.80. The molecule has 0 N–H and O–H groups in total. The first-order valence-electron chi connectivity index (χ1n) is 11.9. The molecule has 176 valence electrons. The fourth-order valence-corrected chi connectivity index (χ4v) is 4.46. The van der Waals surface area contributed by atoms with Crippen LogP contribution in [-0.2, 0) is 6.11 Å². The molecule has 1 saturated carbocycles.